The van der Waals surface area contributed by atoms with Crippen LogP contribution in [-0.2, 0) is 0 Å². The van der Waals surface area contributed by atoms with Crippen LogP contribution in [0.3, 0.4) is 0 Å². The lowest BCUT2D eigenvalue weighted by Gasteiger charge is -2.17. The van der Waals surface area contributed by atoms with Crippen molar-refractivity contribution in [3.8, 4) is 5.75 Å². The zero-order chi connectivity index (χ0) is 14.8. The summed E-state index contributed by atoms with van der Waals surface area (Å²) in [7, 11) is 1.49. The van der Waals surface area contributed by atoms with Gasteiger partial charge in [0.25, 0.3) is 0 Å². The van der Waals surface area contributed by atoms with Crippen molar-refractivity contribution in [2.75, 3.05) is 7.11 Å². The van der Waals surface area contributed by atoms with Crippen molar-refractivity contribution in [2.24, 2.45) is 0 Å². The van der Waals surface area contributed by atoms with Gasteiger partial charge in [0.1, 0.15) is 5.75 Å². The molecular formula is C15H17F3O. The molecule has 0 atom stereocenters. The summed E-state index contributed by atoms with van der Waals surface area (Å²) in [5, 5.41) is 0. The lowest BCUT2D eigenvalue weighted by Crippen LogP contribution is -2.13. The predicted molar refractivity (Wildman–Crippen MR) is 71.2 cm³/mol. The van der Waals surface area contributed by atoms with E-state index in [4.69, 9.17) is 4.74 Å². The van der Waals surface area contributed by atoms with E-state index in [0.29, 0.717) is 16.9 Å². The van der Waals surface area contributed by atoms with E-state index in [1.165, 1.54) is 7.11 Å². The number of rotatable bonds is 3. The maximum absolute atomic E-state index is 12.9. The first-order chi connectivity index (χ1) is 8.66. The molecule has 1 aromatic rings. The highest BCUT2D eigenvalue weighted by Gasteiger charge is 2.35. The number of alkyl halides is 3. The van der Waals surface area contributed by atoms with E-state index in [-0.39, 0.29) is 5.57 Å². The summed E-state index contributed by atoms with van der Waals surface area (Å²) in [6, 6.07) is 5.05. The standard InChI is InChI=1S/C15H17F3O/c1-9(2)14(11(4)15(16,17)18)12-6-10(3)7-13(8-12)19-5/h6-8H,4H2,1-3,5H3. The second-order valence-electron chi connectivity index (χ2n) is 4.59. The van der Waals surface area contributed by atoms with Crippen molar-refractivity contribution < 1.29 is 17.9 Å². The van der Waals surface area contributed by atoms with Gasteiger partial charge in [0.15, 0.2) is 0 Å². The summed E-state index contributed by atoms with van der Waals surface area (Å²) in [5.41, 5.74) is 1.16. The van der Waals surface area contributed by atoms with Crippen molar-refractivity contribution in [3.05, 3.63) is 47.1 Å². The number of methoxy groups -OCH3 is 1. The zero-order valence-corrected chi connectivity index (χ0v) is 11.5. The molecule has 0 aliphatic carbocycles. The zero-order valence-electron chi connectivity index (χ0n) is 11.5. The number of aryl methyl sites for hydroxylation is 1. The Morgan fingerprint density at radius 1 is 1.16 bits per heavy atom. The van der Waals surface area contributed by atoms with Gasteiger partial charge < -0.3 is 4.74 Å². The minimum atomic E-state index is -4.44. The SMILES string of the molecule is C=C(C(=C(C)C)c1cc(C)cc(OC)c1)C(F)(F)F. The van der Waals surface area contributed by atoms with Crippen LogP contribution in [0, 0.1) is 6.92 Å². The van der Waals surface area contributed by atoms with E-state index >= 15 is 0 Å². The average Bonchev–Trinajstić information content (AvgIpc) is 2.26. The van der Waals surface area contributed by atoms with E-state index in [9.17, 15) is 13.2 Å². The van der Waals surface area contributed by atoms with Crippen molar-refractivity contribution >= 4 is 5.57 Å². The van der Waals surface area contributed by atoms with Gasteiger partial charge in [0, 0.05) is 0 Å². The summed E-state index contributed by atoms with van der Waals surface area (Å²) in [5.74, 6) is 0.531. The molecule has 0 N–H and O–H groups in total. The molecule has 0 amide bonds. The number of ether oxygens (including phenoxy) is 1. The molecule has 0 aromatic heterocycles. The van der Waals surface area contributed by atoms with Crippen molar-refractivity contribution in [3.63, 3.8) is 0 Å². The van der Waals surface area contributed by atoms with Crippen LogP contribution in [0.25, 0.3) is 5.57 Å². The van der Waals surface area contributed by atoms with Crippen LogP contribution in [0.15, 0.2) is 35.9 Å². The van der Waals surface area contributed by atoms with Crippen molar-refractivity contribution in [1.29, 1.82) is 0 Å². The van der Waals surface area contributed by atoms with E-state index in [0.717, 1.165) is 5.56 Å². The molecule has 104 valence electrons. The Bertz CT molecular complexity index is 521. The molecule has 0 aliphatic heterocycles. The van der Waals surface area contributed by atoms with Gasteiger partial charge in [-0.1, -0.05) is 18.2 Å². The molecule has 1 nitrogen and oxygen atoms in total. The summed E-state index contributed by atoms with van der Waals surface area (Å²) >= 11 is 0. The Hall–Kier alpha value is -1.71. The van der Waals surface area contributed by atoms with Crippen LogP contribution < -0.4 is 4.74 Å². The Morgan fingerprint density at radius 3 is 2.16 bits per heavy atom. The lowest BCUT2D eigenvalue weighted by molar-refractivity contribution is -0.0867. The molecule has 0 fully saturated rings. The molecular weight excluding hydrogens is 253 g/mol. The van der Waals surface area contributed by atoms with Crippen LogP contribution in [0.5, 0.6) is 5.75 Å². The second kappa shape index (κ2) is 5.51. The third kappa shape index (κ3) is 3.63. The van der Waals surface area contributed by atoms with Gasteiger partial charge in [-0.3, -0.25) is 0 Å². The largest absolute Gasteiger partial charge is 0.497 e. The number of benzene rings is 1. The Kier molecular flexibility index (Phi) is 4.45. The van der Waals surface area contributed by atoms with Gasteiger partial charge in [-0.25, -0.2) is 0 Å². The summed E-state index contributed by atoms with van der Waals surface area (Å²) < 4.78 is 43.7. The van der Waals surface area contributed by atoms with Crippen molar-refractivity contribution in [1.82, 2.24) is 0 Å². The minimum absolute atomic E-state index is 0.120. The smallest absolute Gasteiger partial charge is 0.416 e. The number of halogens is 3. The first-order valence-electron chi connectivity index (χ1n) is 5.76. The monoisotopic (exact) mass is 270 g/mol. The van der Waals surface area contributed by atoms with Crippen LogP contribution >= 0.6 is 0 Å². The topological polar surface area (TPSA) is 9.23 Å². The van der Waals surface area contributed by atoms with Crippen LogP contribution in [0.1, 0.15) is 25.0 Å². The van der Waals surface area contributed by atoms with Gasteiger partial charge in [0.05, 0.1) is 12.7 Å². The molecule has 0 heterocycles. The Labute approximate surface area is 111 Å². The fourth-order valence-corrected chi connectivity index (χ4v) is 1.92. The average molecular weight is 270 g/mol. The third-order valence-corrected chi connectivity index (χ3v) is 2.72. The maximum atomic E-state index is 12.9. The van der Waals surface area contributed by atoms with E-state index in [2.05, 4.69) is 6.58 Å². The van der Waals surface area contributed by atoms with Gasteiger partial charge in [0.2, 0.25) is 0 Å². The predicted octanol–water partition coefficient (Wildman–Crippen LogP) is 4.92. The highest BCUT2D eigenvalue weighted by Crippen LogP contribution is 2.38. The van der Waals surface area contributed by atoms with E-state index in [1.807, 2.05) is 6.92 Å². The van der Waals surface area contributed by atoms with E-state index in [1.54, 1.807) is 32.0 Å². The van der Waals surface area contributed by atoms with Crippen LogP contribution in [0.2, 0.25) is 0 Å². The summed E-state index contributed by atoms with van der Waals surface area (Å²) in [6.07, 6.45) is -4.44. The highest BCUT2D eigenvalue weighted by molar-refractivity contribution is 5.82. The van der Waals surface area contributed by atoms with Gasteiger partial charge in [-0.2, -0.15) is 13.2 Å². The molecule has 19 heavy (non-hydrogen) atoms. The van der Waals surface area contributed by atoms with Gasteiger partial charge >= 0.3 is 6.18 Å². The maximum Gasteiger partial charge on any atom is 0.416 e. The molecule has 1 rings (SSSR count). The Balaban J connectivity index is 3.42. The molecule has 4 heteroatoms. The first kappa shape index (κ1) is 15.3. The quantitative estimate of drug-likeness (QED) is 0.709. The molecule has 0 saturated heterocycles. The molecule has 1 aromatic carbocycles. The second-order valence-corrected chi connectivity index (χ2v) is 4.59. The third-order valence-electron chi connectivity index (χ3n) is 2.72. The van der Waals surface area contributed by atoms with E-state index < -0.39 is 11.7 Å². The lowest BCUT2D eigenvalue weighted by atomic mass is 9.93. The Morgan fingerprint density at radius 2 is 1.74 bits per heavy atom. The molecule has 0 unspecified atom stereocenters. The summed E-state index contributed by atoms with van der Waals surface area (Å²) in [4.78, 5) is 0. The van der Waals surface area contributed by atoms with Gasteiger partial charge in [-0.05, 0) is 49.6 Å². The molecule has 0 bridgehead atoms. The van der Waals surface area contributed by atoms with Crippen LogP contribution in [-0.4, -0.2) is 13.3 Å². The highest BCUT2D eigenvalue weighted by atomic mass is 19.4. The number of allylic oxidation sites excluding steroid dienone is 3. The molecule has 0 saturated carbocycles. The van der Waals surface area contributed by atoms with Crippen molar-refractivity contribution in [2.45, 2.75) is 26.9 Å². The summed E-state index contributed by atoms with van der Waals surface area (Å²) in [6.45, 7) is 8.28. The number of hydrogen-bond acceptors (Lipinski definition) is 1. The first-order valence-corrected chi connectivity index (χ1v) is 5.76. The molecule has 0 spiro atoms. The fourth-order valence-electron chi connectivity index (χ4n) is 1.92. The normalized spacial score (nSPS) is 11.1. The number of hydrogen-bond donors (Lipinski definition) is 0. The minimum Gasteiger partial charge on any atom is -0.497 e. The van der Waals surface area contributed by atoms with Crippen LogP contribution in [0.4, 0.5) is 13.2 Å². The molecule has 0 aliphatic rings. The molecule has 0 radical (unpaired) electrons. The van der Waals surface area contributed by atoms with Gasteiger partial charge in [-0.15, -0.1) is 0 Å². The fraction of sp³-hybridized carbons (Fsp3) is 0.333.